The number of tetrazole rings is 1. The van der Waals surface area contributed by atoms with Crippen molar-refractivity contribution >= 4 is 10.9 Å². The quantitative estimate of drug-likeness (QED) is 0.545. The van der Waals surface area contributed by atoms with E-state index in [0.717, 1.165) is 5.56 Å². The molecule has 28 heavy (non-hydrogen) atoms. The molecule has 0 aliphatic carbocycles. The van der Waals surface area contributed by atoms with Crippen molar-refractivity contribution in [1.82, 2.24) is 30.2 Å². The second-order valence-electron chi connectivity index (χ2n) is 6.21. The molecule has 0 saturated heterocycles. The molecule has 4 aromatic rings. The number of nitriles is 1. The van der Waals surface area contributed by atoms with Crippen molar-refractivity contribution in [3.8, 4) is 6.07 Å². The molecule has 0 bridgehead atoms. The molecule has 0 fully saturated rings. The lowest BCUT2D eigenvalue weighted by Gasteiger charge is -2.14. The minimum atomic E-state index is -3.61. The Kier molecular flexibility index (Phi) is 4.00. The van der Waals surface area contributed by atoms with Crippen LogP contribution < -0.4 is 0 Å². The summed E-state index contributed by atoms with van der Waals surface area (Å²) in [4.78, 5) is -0.0457. The smallest absolute Gasteiger partial charge is 0.337 e. The van der Waals surface area contributed by atoms with Crippen LogP contribution in [-0.4, -0.2) is 35.4 Å². The SMILES string of the molecule is Cc1nn(Cc2ccccc2C#N)c2cc(C(F)(F)c3nnnn3O)ccc12. The number of alkyl halides is 2. The molecule has 1 N–H and O–H groups in total. The molecule has 2 aromatic carbocycles. The van der Waals surface area contributed by atoms with Gasteiger partial charge in [-0.25, -0.2) is 0 Å². The first-order valence-corrected chi connectivity index (χ1v) is 8.23. The van der Waals surface area contributed by atoms with Gasteiger partial charge in [-0.2, -0.15) is 19.1 Å². The lowest BCUT2D eigenvalue weighted by Crippen LogP contribution is -2.21. The Labute approximate surface area is 157 Å². The van der Waals surface area contributed by atoms with Gasteiger partial charge >= 0.3 is 5.92 Å². The predicted molar refractivity (Wildman–Crippen MR) is 92.7 cm³/mol. The van der Waals surface area contributed by atoms with Gasteiger partial charge in [0.15, 0.2) is 0 Å². The third-order valence-corrected chi connectivity index (χ3v) is 4.49. The summed E-state index contributed by atoms with van der Waals surface area (Å²) in [6.07, 6.45) is 0. The fourth-order valence-corrected chi connectivity index (χ4v) is 3.08. The number of rotatable bonds is 4. The summed E-state index contributed by atoms with van der Waals surface area (Å²) >= 11 is 0. The predicted octanol–water partition coefficient (Wildman–Crippen LogP) is 2.63. The molecule has 0 atom stereocenters. The van der Waals surface area contributed by atoms with Gasteiger partial charge in [0.1, 0.15) is 0 Å². The van der Waals surface area contributed by atoms with Crippen molar-refractivity contribution in [3.63, 3.8) is 0 Å². The fraction of sp³-hybridized carbons (Fsp3) is 0.167. The van der Waals surface area contributed by atoms with Crippen molar-refractivity contribution < 1.29 is 14.0 Å². The Hall–Kier alpha value is -3.87. The molecular weight excluding hydrogens is 368 g/mol. The Balaban J connectivity index is 1.83. The van der Waals surface area contributed by atoms with E-state index >= 15 is 0 Å². The largest absolute Gasteiger partial charge is 0.409 e. The van der Waals surface area contributed by atoms with Gasteiger partial charge in [0.25, 0.3) is 5.82 Å². The molecule has 0 radical (unpaired) electrons. The van der Waals surface area contributed by atoms with Crippen LogP contribution in [-0.2, 0) is 12.5 Å². The minimum Gasteiger partial charge on any atom is -0.409 e. The van der Waals surface area contributed by atoms with E-state index < -0.39 is 11.7 Å². The van der Waals surface area contributed by atoms with E-state index in [1.165, 1.54) is 12.1 Å². The van der Waals surface area contributed by atoms with Gasteiger partial charge in [0, 0.05) is 10.9 Å². The van der Waals surface area contributed by atoms with Gasteiger partial charge in [0.05, 0.1) is 29.4 Å². The number of halogens is 2. The van der Waals surface area contributed by atoms with E-state index in [-0.39, 0.29) is 17.0 Å². The normalized spacial score (nSPS) is 11.6. The Morgan fingerprint density at radius 2 is 2.00 bits per heavy atom. The van der Waals surface area contributed by atoms with E-state index in [1.807, 2.05) is 0 Å². The molecule has 10 heteroatoms. The maximum absolute atomic E-state index is 14.8. The summed E-state index contributed by atoms with van der Waals surface area (Å²) in [7, 11) is 0. The summed E-state index contributed by atoms with van der Waals surface area (Å²) in [6.45, 7) is 2.03. The Morgan fingerprint density at radius 1 is 1.21 bits per heavy atom. The number of fused-ring (bicyclic) bond motifs is 1. The molecular formula is C18H13F2N7O. The number of benzene rings is 2. The second-order valence-corrected chi connectivity index (χ2v) is 6.21. The van der Waals surface area contributed by atoms with Crippen LogP contribution in [0.1, 0.15) is 28.2 Å². The van der Waals surface area contributed by atoms with Crippen LogP contribution in [0, 0.1) is 18.3 Å². The molecule has 2 aromatic heterocycles. The highest BCUT2D eigenvalue weighted by Crippen LogP contribution is 2.35. The highest BCUT2D eigenvalue weighted by molar-refractivity contribution is 5.83. The molecule has 2 heterocycles. The summed E-state index contributed by atoms with van der Waals surface area (Å²) in [5.74, 6) is -4.59. The summed E-state index contributed by atoms with van der Waals surface area (Å²) in [6, 6.07) is 13.2. The van der Waals surface area contributed by atoms with Crippen LogP contribution in [0.4, 0.5) is 8.78 Å². The molecule has 0 spiro atoms. The first kappa shape index (κ1) is 17.5. The van der Waals surface area contributed by atoms with Crippen LogP contribution in [0.3, 0.4) is 0 Å². The number of aromatic nitrogens is 6. The second kappa shape index (κ2) is 6.38. The van der Waals surface area contributed by atoms with Crippen molar-refractivity contribution in [2.24, 2.45) is 0 Å². The lowest BCUT2D eigenvalue weighted by atomic mass is 10.0. The van der Waals surface area contributed by atoms with Crippen LogP contribution in [0.2, 0.25) is 0 Å². The average molecular weight is 381 g/mol. The van der Waals surface area contributed by atoms with Crippen molar-refractivity contribution in [2.75, 3.05) is 0 Å². The van der Waals surface area contributed by atoms with Gasteiger partial charge in [-0.3, -0.25) is 4.68 Å². The van der Waals surface area contributed by atoms with E-state index in [1.54, 1.807) is 41.9 Å². The molecule has 0 saturated carbocycles. The number of aryl methyl sites for hydroxylation is 1. The van der Waals surface area contributed by atoms with Crippen molar-refractivity contribution in [3.05, 3.63) is 70.7 Å². The maximum Gasteiger partial charge on any atom is 0.337 e. The van der Waals surface area contributed by atoms with Gasteiger partial charge < -0.3 is 5.21 Å². The topological polar surface area (TPSA) is 105 Å². The molecule has 8 nitrogen and oxygen atoms in total. The zero-order valence-electron chi connectivity index (χ0n) is 14.6. The standard InChI is InChI=1S/C18H13F2N7O/c1-11-15-7-6-14(18(19,20)17-22-24-25-27(17)28)8-16(15)26(23-11)10-13-5-3-2-4-12(13)9-21/h2-8,28H,10H2,1H3. The Morgan fingerprint density at radius 3 is 2.71 bits per heavy atom. The van der Waals surface area contributed by atoms with Crippen LogP contribution >= 0.6 is 0 Å². The highest BCUT2D eigenvalue weighted by atomic mass is 19.3. The first-order chi connectivity index (χ1) is 13.4. The molecule has 0 aliphatic rings. The van der Waals surface area contributed by atoms with E-state index in [2.05, 4.69) is 26.7 Å². The first-order valence-electron chi connectivity index (χ1n) is 8.23. The molecule has 140 valence electrons. The third kappa shape index (κ3) is 2.73. The zero-order valence-corrected chi connectivity index (χ0v) is 14.6. The summed E-state index contributed by atoms with van der Waals surface area (Å²) in [5.41, 5.74) is 1.97. The summed E-state index contributed by atoms with van der Waals surface area (Å²) in [5, 5.41) is 33.1. The molecule has 4 rings (SSSR count). The summed E-state index contributed by atoms with van der Waals surface area (Å²) < 4.78 is 31.2. The maximum atomic E-state index is 14.8. The van der Waals surface area contributed by atoms with Crippen molar-refractivity contribution in [2.45, 2.75) is 19.4 Å². The molecule has 0 aliphatic heterocycles. The van der Waals surface area contributed by atoms with Crippen molar-refractivity contribution in [1.29, 1.82) is 5.26 Å². The monoisotopic (exact) mass is 381 g/mol. The van der Waals surface area contributed by atoms with E-state index in [0.29, 0.717) is 22.2 Å². The highest BCUT2D eigenvalue weighted by Gasteiger charge is 2.41. The van der Waals surface area contributed by atoms with Crippen LogP contribution in [0.5, 0.6) is 0 Å². The van der Waals surface area contributed by atoms with Gasteiger partial charge in [-0.1, -0.05) is 35.2 Å². The third-order valence-electron chi connectivity index (χ3n) is 4.49. The van der Waals surface area contributed by atoms with Gasteiger partial charge in [0.2, 0.25) is 0 Å². The van der Waals surface area contributed by atoms with E-state index in [9.17, 15) is 19.2 Å². The van der Waals surface area contributed by atoms with E-state index in [4.69, 9.17) is 0 Å². The molecule has 0 amide bonds. The van der Waals surface area contributed by atoms with Gasteiger partial charge in [-0.15, -0.1) is 5.10 Å². The zero-order chi connectivity index (χ0) is 19.9. The van der Waals surface area contributed by atoms with Crippen LogP contribution in [0.25, 0.3) is 10.9 Å². The molecule has 0 unspecified atom stereocenters. The minimum absolute atomic E-state index is 0.0457. The van der Waals surface area contributed by atoms with Gasteiger partial charge in [-0.05, 0) is 35.0 Å². The number of hydrogen-bond donors (Lipinski definition) is 1. The number of nitrogens with zero attached hydrogens (tertiary/aromatic N) is 7. The average Bonchev–Trinajstić information content (AvgIpc) is 3.26. The Bertz CT molecular complexity index is 1220. The lowest BCUT2D eigenvalue weighted by molar-refractivity contribution is 0.00113. The fourth-order valence-electron chi connectivity index (χ4n) is 3.08. The van der Waals surface area contributed by atoms with Crippen LogP contribution in [0.15, 0.2) is 42.5 Å². The number of hydrogen-bond acceptors (Lipinski definition) is 6.